The number of hydrogen-bond acceptors (Lipinski definition) is 3. The van der Waals surface area contributed by atoms with Gasteiger partial charge in [0.15, 0.2) is 5.17 Å². The lowest BCUT2D eigenvalue weighted by molar-refractivity contribution is -0.119. The van der Waals surface area contributed by atoms with Crippen LogP contribution in [0.5, 0.6) is 0 Å². The number of nitrogens with zero attached hydrogens (tertiary/aromatic N) is 1. The van der Waals surface area contributed by atoms with E-state index in [2.05, 4.69) is 19.2 Å². The number of amidine groups is 1. The molecule has 2 saturated carbocycles. The first-order chi connectivity index (χ1) is 8.13. The van der Waals surface area contributed by atoms with Gasteiger partial charge in [-0.25, -0.2) is 0 Å². The number of fused-ring (bicyclic) bond motifs is 2. The molecule has 0 spiro atoms. The number of amides is 1. The maximum Gasteiger partial charge on any atom is 0.239 e. The van der Waals surface area contributed by atoms with Gasteiger partial charge in [-0.3, -0.25) is 9.79 Å². The molecule has 1 heterocycles. The predicted molar refractivity (Wildman–Crippen MR) is 71.0 cm³/mol. The Labute approximate surface area is 107 Å². The van der Waals surface area contributed by atoms with Crippen LogP contribution in [-0.2, 0) is 4.79 Å². The lowest BCUT2D eigenvalue weighted by atomic mass is 9.96. The van der Waals surface area contributed by atoms with E-state index >= 15 is 0 Å². The Morgan fingerprint density at radius 2 is 2.18 bits per heavy atom. The minimum atomic E-state index is 0.0624. The second-order valence-corrected chi connectivity index (χ2v) is 7.08. The van der Waals surface area contributed by atoms with Crippen LogP contribution in [0.2, 0.25) is 0 Å². The normalized spacial score (nSPS) is 42.8. The van der Waals surface area contributed by atoms with Crippen LogP contribution < -0.4 is 5.32 Å². The summed E-state index contributed by atoms with van der Waals surface area (Å²) < 4.78 is 0. The highest BCUT2D eigenvalue weighted by molar-refractivity contribution is 8.15. The first kappa shape index (κ1) is 11.6. The summed E-state index contributed by atoms with van der Waals surface area (Å²) in [6.45, 7) is 4.19. The van der Waals surface area contributed by atoms with E-state index in [1.165, 1.54) is 25.7 Å². The van der Waals surface area contributed by atoms with Crippen molar-refractivity contribution in [2.75, 3.05) is 0 Å². The van der Waals surface area contributed by atoms with E-state index in [1.807, 2.05) is 0 Å². The average Bonchev–Trinajstić information content (AvgIpc) is 2.93. The second-order valence-electron chi connectivity index (χ2n) is 5.95. The van der Waals surface area contributed by atoms with Crippen molar-refractivity contribution in [1.29, 1.82) is 0 Å². The molecule has 3 nitrogen and oxygen atoms in total. The van der Waals surface area contributed by atoms with E-state index in [-0.39, 0.29) is 11.2 Å². The van der Waals surface area contributed by atoms with Crippen molar-refractivity contribution in [1.82, 2.24) is 5.32 Å². The SMILES string of the molecule is CC(C)[C@H]1SC(=N[C@H]2C[C@@H]3CC[C@H]2C3)NC1=O. The molecule has 0 aromatic rings. The van der Waals surface area contributed by atoms with Gasteiger partial charge in [-0.1, -0.05) is 32.0 Å². The first-order valence-corrected chi connectivity index (χ1v) is 7.56. The van der Waals surface area contributed by atoms with Gasteiger partial charge in [0.05, 0.1) is 11.3 Å². The summed E-state index contributed by atoms with van der Waals surface area (Å²) in [5.41, 5.74) is 0. The van der Waals surface area contributed by atoms with Crippen LogP contribution in [0.4, 0.5) is 0 Å². The second kappa shape index (κ2) is 4.30. The molecule has 1 aliphatic heterocycles. The fraction of sp³-hybridized carbons (Fsp3) is 0.846. The predicted octanol–water partition coefficient (Wildman–Crippen LogP) is 2.42. The average molecular weight is 252 g/mol. The fourth-order valence-corrected chi connectivity index (χ4v) is 4.44. The highest BCUT2D eigenvalue weighted by Crippen LogP contribution is 2.46. The zero-order chi connectivity index (χ0) is 12.0. The smallest absolute Gasteiger partial charge is 0.239 e. The molecule has 4 atom stereocenters. The van der Waals surface area contributed by atoms with Crippen LogP contribution in [0.1, 0.15) is 39.5 Å². The standard InChI is InChI=1S/C13H20N2OS/c1-7(2)11-12(16)15-13(17-11)14-10-6-8-3-4-9(10)5-8/h7-11H,3-6H2,1-2H3,(H,14,15,16)/t8-,9+,10+,11-/m1/s1. The summed E-state index contributed by atoms with van der Waals surface area (Å²) in [4.78, 5) is 16.5. The maximum absolute atomic E-state index is 11.7. The maximum atomic E-state index is 11.7. The topological polar surface area (TPSA) is 41.5 Å². The van der Waals surface area contributed by atoms with E-state index in [1.54, 1.807) is 11.8 Å². The fourth-order valence-electron chi connectivity index (χ4n) is 3.40. The molecule has 3 aliphatic rings. The molecule has 0 unspecified atom stereocenters. The van der Waals surface area contributed by atoms with Gasteiger partial charge in [-0.15, -0.1) is 0 Å². The van der Waals surface area contributed by atoms with Gasteiger partial charge in [0.2, 0.25) is 5.91 Å². The molecule has 17 heavy (non-hydrogen) atoms. The van der Waals surface area contributed by atoms with Crippen molar-refractivity contribution in [3.8, 4) is 0 Å². The minimum absolute atomic E-state index is 0.0624. The molecule has 1 N–H and O–H groups in total. The van der Waals surface area contributed by atoms with Crippen molar-refractivity contribution in [2.24, 2.45) is 22.7 Å². The van der Waals surface area contributed by atoms with Crippen LogP contribution in [0.15, 0.2) is 4.99 Å². The van der Waals surface area contributed by atoms with Gasteiger partial charge in [0.25, 0.3) is 0 Å². The molecule has 94 valence electrons. The quantitative estimate of drug-likeness (QED) is 0.820. The molecule has 4 heteroatoms. The number of thioether (sulfide) groups is 1. The third kappa shape index (κ3) is 2.12. The summed E-state index contributed by atoms with van der Waals surface area (Å²) in [7, 11) is 0. The molecular formula is C13H20N2OS. The summed E-state index contributed by atoms with van der Waals surface area (Å²) in [6, 6.07) is 0.488. The number of rotatable bonds is 2. The Kier molecular flexibility index (Phi) is 2.93. The van der Waals surface area contributed by atoms with Crippen LogP contribution in [0.3, 0.4) is 0 Å². The lowest BCUT2D eigenvalue weighted by Crippen LogP contribution is -2.28. The summed E-state index contributed by atoms with van der Waals surface area (Å²) in [5.74, 6) is 2.24. The van der Waals surface area contributed by atoms with Crippen LogP contribution in [-0.4, -0.2) is 22.4 Å². The first-order valence-electron chi connectivity index (χ1n) is 6.69. The van der Waals surface area contributed by atoms with E-state index in [0.717, 1.165) is 17.0 Å². The van der Waals surface area contributed by atoms with Crippen LogP contribution in [0, 0.1) is 17.8 Å². The molecular weight excluding hydrogens is 232 g/mol. The monoisotopic (exact) mass is 252 g/mol. The van der Waals surface area contributed by atoms with Gasteiger partial charge in [0.1, 0.15) is 0 Å². The van der Waals surface area contributed by atoms with E-state index in [0.29, 0.717) is 12.0 Å². The van der Waals surface area contributed by atoms with Crippen molar-refractivity contribution < 1.29 is 4.79 Å². The van der Waals surface area contributed by atoms with Gasteiger partial charge in [-0.2, -0.15) is 0 Å². The third-order valence-electron chi connectivity index (χ3n) is 4.32. The Morgan fingerprint density at radius 3 is 2.71 bits per heavy atom. The van der Waals surface area contributed by atoms with E-state index in [9.17, 15) is 4.79 Å². The molecule has 3 fully saturated rings. The van der Waals surface area contributed by atoms with Gasteiger partial charge >= 0.3 is 0 Å². The Morgan fingerprint density at radius 1 is 1.35 bits per heavy atom. The summed E-state index contributed by atoms with van der Waals surface area (Å²) in [6.07, 6.45) is 5.36. The van der Waals surface area contributed by atoms with Crippen LogP contribution in [0.25, 0.3) is 0 Å². The summed E-state index contributed by atoms with van der Waals surface area (Å²) in [5, 5.41) is 3.89. The van der Waals surface area contributed by atoms with Crippen molar-refractivity contribution in [2.45, 2.75) is 50.8 Å². The van der Waals surface area contributed by atoms with Gasteiger partial charge in [0, 0.05) is 0 Å². The zero-order valence-corrected chi connectivity index (χ0v) is 11.3. The molecule has 2 aliphatic carbocycles. The molecule has 0 radical (unpaired) electrons. The largest absolute Gasteiger partial charge is 0.304 e. The van der Waals surface area contributed by atoms with Crippen molar-refractivity contribution >= 4 is 22.8 Å². The summed E-state index contributed by atoms with van der Waals surface area (Å²) >= 11 is 1.63. The molecule has 3 rings (SSSR count). The van der Waals surface area contributed by atoms with Crippen LogP contribution >= 0.6 is 11.8 Å². The molecule has 2 bridgehead atoms. The highest BCUT2D eigenvalue weighted by atomic mass is 32.2. The molecule has 0 aromatic heterocycles. The number of carbonyl (C=O) groups excluding carboxylic acids is 1. The Bertz CT molecular complexity index is 366. The third-order valence-corrected chi connectivity index (χ3v) is 5.76. The van der Waals surface area contributed by atoms with Crippen molar-refractivity contribution in [3.05, 3.63) is 0 Å². The zero-order valence-electron chi connectivity index (χ0n) is 10.5. The number of hydrogen-bond donors (Lipinski definition) is 1. The van der Waals surface area contributed by atoms with E-state index in [4.69, 9.17) is 4.99 Å². The lowest BCUT2D eigenvalue weighted by Gasteiger charge is -2.17. The molecule has 1 saturated heterocycles. The Balaban J connectivity index is 1.68. The number of carbonyl (C=O) groups is 1. The highest BCUT2D eigenvalue weighted by Gasteiger charge is 2.41. The Hall–Kier alpha value is -0.510. The van der Waals surface area contributed by atoms with E-state index < -0.39 is 0 Å². The van der Waals surface area contributed by atoms with Gasteiger partial charge < -0.3 is 5.32 Å². The van der Waals surface area contributed by atoms with Gasteiger partial charge in [-0.05, 0) is 37.0 Å². The minimum Gasteiger partial charge on any atom is -0.304 e. The number of aliphatic imine (C=N–C) groups is 1. The molecule has 1 amide bonds. The molecule has 0 aromatic carbocycles. The van der Waals surface area contributed by atoms with Crippen molar-refractivity contribution in [3.63, 3.8) is 0 Å². The number of nitrogens with one attached hydrogen (secondary N) is 1.